The topological polar surface area (TPSA) is 121 Å². The van der Waals surface area contributed by atoms with Crippen LogP contribution in [0, 0.1) is 11.8 Å². The molecule has 260 valence electrons. The summed E-state index contributed by atoms with van der Waals surface area (Å²) in [5, 5.41) is 17.8. The standard InChI is InChI=1S/C37H46N6O5S/c1-4-21-40(25-43-29-14-10-9-13-28(29)38-39-43)36(47)33-37-20-19-30(49-37)31(32(37)35(46)42(33)23-11-7-8-12-24-44)34(45)41(22-5-2)26-15-17-27(18-16-26)48-6-3/h4-5,9-10,13-18,30-33,44H,1-2,6-8,11-12,19-25H2,3H3/t30-,31+,32-,33?,37?/m0/s1. The number of hydrogen-bond donors (Lipinski definition) is 1. The van der Waals surface area contributed by atoms with Crippen molar-refractivity contribution in [2.24, 2.45) is 11.8 Å². The Kier molecular flexibility index (Phi) is 10.7. The number of rotatable bonds is 17. The Labute approximate surface area is 291 Å². The van der Waals surface area contributed by atoms with Gasteiger partial charge >= 0.3 is 0 Å². The van der Waals surface area contributed by atoms with Crippen LogP contribution in [0.4, 0.5) is 5.69 Å². The van der Waals surface area contributed by atoms with Crippen LogP contribution in [0.1, 0.15) is 45.4 Å². The number of ether oxygens (including phenoxy) is 1. The molecule has 49 heavy (non-hydrogen) atoms. The van der Waals surface area contributed by atoms with Crippen LogP contribution in [0.2, 0.25) is 0 Å². The molecule has 1 N–H and O–H groups in total. The lowest BCUT2D eigenvalue weighted by Gasteiger charge is -2.37. The summed E-state index contributed by atoms with van der Waals surface area (Å²) in [5.74, 6) is -0.876. The third kappa shape index (κ3) is 6.48. The molecule has 3 amide bonds. The summed E-state index contributed by atoms with van der Waals surface area (Å²) in [7, 11) is 0. The fourth-order valence-corrected chi connectivity index (χ4v) is 10.2. The number of aliphatic hydroxyl groups is 1. The van der Waals surface area contributed by atoms with Crippen LogP contribution >= 0.6 is 11.8 Å². The number of aliphatic hydroxyl groups excluding tert-OH is 1. The van der Waals surface area contributed by atoms with E-state index in [-0.39, 0.29) is 42.8 Å². The van der Waals surface area contributed by atoms with Gasteiger partial charge in [0.1, 0.15) is 24.0 Å². The highest BCUT2D eigenvalue weighted by molar-refractivity contribution is 8.02. The molecule has 11 nitrogen and oxygen atoms in total. The molecule has 0 saturated carbocycles. The van der Waals surface area contributed by atoms with E-state index in [1.54, 1.807) is 43.3 Å². The number of nitrogens with zero attached hydrogens (tertiary/aromatic N) is 6. The number of unbranched alkanes of at least 4 members (excludes halogenated alkanes) is 3. The third-order valence-electron chi connectivity index (χ3n) is 10.0. The minimum absolute atomic E-state index is 0.0782. The van der Waals surface area contributed by atoms with Crippen molar-refractivity contribution in [3.63, 3.8) is 0 Å². The van der Waals surface area contributed by atoms with E-state index in [9.17, 15) is 19.5 Å². The molecule has 3 aliphatic heterocycles. The zero-order chi connectivity index (χ0) is 34.5. The summed E-state index contributed by atoms with van der Waals surface area (Å²) in [5.41, 5.74) is 2.25. The zero-order valence-electron chi connectivity index (χ0n) is 28.2. The zero-order valence-corrected chi connectivity index (χ0v) is 29.0. The monoisotopic (exact) mass is 686 g/mol. The summed E-state index contributed by atoms with van der Waals surface area (Å²) in [6.45, 7) is 11.6. The fourth-order valence-electron chi connectivity index (χ4n) is 7.95. The minimum Gasteiger partial charge on any atom is -0.494 e. The van der Waals surface area contributed by atoms with Crippen LogP contribution in [0.5, 0.6) is 5.75 Å². The molecule has 6 rings (SSSR count). The van der Waals surface area contributed by atoms with Crippen molar-refractivity contribution in [2.45, 2.75) is 68.2 Å². The smallest absolute Gasteiger partial charge is 0.248 e. The van der Waals surface area contributed by atoms with E-state index in [0.29, 0.717) is 44.6 Å². The number of aromatic nitrogens is 3. The number of fused-ring (bicyclic) bond motifs is 2. The summed E-state index contributed by atoms with van der Waals surface area (Å²) >= 11 is 1.67. The van der Waals surface area contributed by atoms with Crippen molar-refractivity contribution in [3.8, 4) is 5.75 Å². The van der Waals surface area contributed by atoms with E-state index in [1.165, 1.54) is 0 Å². The summed E-state index contributed by atoms with van der Waals surface area (Å²) < 4.78 is 6.60. The Morgan fingerprint density at radius 2 is 1.82 bits per heavy atom. The maximum absolute atomic E-state index is 14.9. The maximum atomic E-state index is 14.9. The Balaban J connectivity index is 1.33. The number of likely N-dealkylation sites (tertiary alicyclic amines) is 1. The Morgan fingerprint density at radius 3 is 2.55 bits per heavy atom. The fraction of sp³-hybridized carbons (Fsp3) is 0.486. The first-order valence-electron chi connectivity index (χ1n) is 17.3. The lowest BCUT2D eigenvalue weighted by Crippen LogP contribution is -2.55. The van der Waals surface area contributed by atoms with Crippen LogP contribution in [-0.4, -0.2) is 96.5 Å². The molecule has 2 unspecified atom stereocenters. The highest BCUT2D eigenvalue weighted by Gasteiger charge is 2.74. The van der Waals surface area contributed by atoms with Crippen LogP contribution < -0.4 is 9.64 Å². The molecule has 0 aliphatic carbocycles. The Bertz CT molecular complexity index is 1680. The molecule has 2 aromatic carbocycles. The number of carbonyl (C=O) groups is 3. The number of thioether (sulfide) groups is 1. The van der Waals surface area contributed by atoms with Gasteiger partial charge < -0.3 is 24.5 Å². The second-order valence-electron chi connectivity index (χ2n) is 13.0. The number of carbonyl (C=O) groups excluding carboxylic acids is 3. The SMILES string of the molecule is C=CCN(Cn1nnc2ccccc21)C(=O)C1N(CCCCCCO)C(=O)[C@@H]2[C@H](C(=O)N(CC=C)c3ccc(OCC)cc3)[C@@H]3CCC12S3. The second-order valence-corrected chi connectivity index (χ2v) is 14.6. The molecule has 4 heterocycles. The molecular formula is C37H46N6O5S. The number of anilines is 1. The van der Waals surface area contributed by atoms with E-state index in [2.05, 4.69) is 23.5 Å². The average Bonchev–Trinajstić information content (AvgIpc) is 3.86. The molecule has 12 heteroatoms. The maximum Gasteiger partial charge on any atom is 0.248 e. The molecular weight excluding hydrogens is 641 g/mol. The molecule has 0 radical (unpaired) electrons. The molecule has 3 aliphatic rings. The van der Waals surface area contributed by atoms with Crippen LogP contribution in [-0.2, 0) is 21.1 Å². The molecule has 1 spiro atoms. The predicted molar refractivity (Wildman–Crippen MR) is 191 cm³/mol. The van der Waals surface area contributed by atoms with Gasteiger partial charge in [-0.3, -0.25) is 14.4 Å². The third-order valence-corrected chi connectivity index (χ3v) is 12.0. The molecule has 2 bridgehead atoms. The lowest BCUT2D eigenvalue weighted by molar-refractivity contribution is -0.143. The van der Waals surface area contributed by atoms with Crippen molar-refractivity contribution in [1.82, 2.24) is 24.8 Å². The van der Waals surface area contributed by atoms with Gasteiger partial charge in [0.2, 0.25) is 17.7 Å². The average molecular weight is 687 g/mol. The number of hydrogen-bond acceptors (Lipinski definition) is 8. The van der Waals surface area contributed by atoms with Crippen LogP contribution in [0.25, 0.3) is 11.0 Å². The van der Waals surface area contributed by atoms with Crippen molar-refractivity contribution < 1.29 is 24.2 Å². The first-order valence-corrected chi connectivity index (χ1v) is 18.2. The quantitative estimate of drug-likeness (QED) is 0.161. The predicted octanol–water partition coefficient (Wildman–Crippen LogP) is 4.67. The molecule has 1 aromatic heterocycles. The molecule has 3 fully saturated rings. The van der Waals surface area contributed by atoms with E-state index < -0.39 is 22.6 Å². The lowest BCUT2D eigenvalue weighted by atomic mass is 9.70. The van der Waals surface area contributed by atoms with Crippen molar-refractivity contribution in [2.75, 3.05) is 37.7 Å². The van der Waals surface area contributed by atoms with Gasteiger partial charge in [-0.25, -0.2) is 4.68 Å². The minimum atomic E-state index is -0.733. The first kappa shape index (κ1) is 34.7. The van der Waals surface area contributed by atoms with Gasteiger partial charge in [0.05, 0.1) is 28.7 Å². The molecule has 5 atom stereocenters. The van der Waals surface area contributed by atoms with Crippen molar-refractivity contribution >= 4 is 46.2 Å². The van der Waals surface area contributed by atoms with Crippen molar-refractivity contribution in [1.29, 1.82) is 0 Å². The van der Waals surface area contributed by atoms with Gasteiger partial charge in [0.15, 0.2) is 0 Å². The van der Waals surface area contributed by atoms with Crippen molar-refractivity contribution in [3.05, 3.63) is 73.8 Å². The number of amides is 3. The van der Waals surface area contributed by atoms with Gasteiger partial charge in [-0.2, -0.15) is 0 Å². The molecule has 3 aromatic rings. The van der Waals surface area contributed by atoms with E-state index in [0.717, 1.165) is 36.0 Å². The Morgan fingerprint density at radius 1 is 1.06 bits per heavy atom. The number of benzene rings is 2. The Hall–Kier alpha value is -4.16. The van der Waals surface area contributed by atoms with Gasteiger partial charge in [-0.1, -0.05) is 42.3 Å². The second kappa shape index (κ2) is 15.2. The largest absolute Gasteiger partial charge is 0.494 e. The van der Waals surface area contributed by atoms with E-state index in [1.807, 2.05) is 55.5 Å². The first-order chi connectivity index (χ1) is 23.9. The van der Waals surface area contributed by atoms with Gasteiger partial charge in [0.25, 0.3) is 0 Å². The van der Waals surface area contributed by atoms with Gasteiger partial charge in [-0.15, -0.1) is 30.0 Å². The summed E-state index contributed by atoms with van der Waals surface area (Å²) in [6.07, 6.45) is 7.88. The van der Waals surface area contributed by atoms with Crippen LogP contribution in [0.3, 0.4) is 0 Å². The highest BCUT2D eigenvalue weighted by atomic mass is 32.2. The van der Waals surface area contributed by atoms with Gasteiger partial charge in [0, 0.05) is 37.2 Å². The molecule has 3 saturated heterocycles. The normalized spacial score (nSPS) is 23.9. The highest BCUT2D eigenvalue weighted by Crippen LogP contribution is 2.66. The van der Waals surface area contributed by atoms with E-state index >= 15 is 0 Å². The van der Waals surface area contributed by atoms with Crippen LogP contribution in [0.15, 0.2) is 73.8 Å². The summed E-state index contributed by atoms with van der Waals surface area (Å²) in [4.78, 5) is 49.4. The summed E-state index contributed by atoms with van der Waals surface area (Å²) in [6, 6.07) is 14.3. The van der Waals surface area contributed by atoms with E-state index in [4.69, 9.17) is 4.74 Å². The number of para-hydroxylation sites is 1. The van der Waals surface area contributed by atoms with Gasteiger partial charge in [-0.05, 0) is 69.0 Å².